The largest absolute Gasteiger partial charge is 0.329 e. The molecule has 0 saturated heterocycles. The minimum Gasteiger partial charge on any atom is -0.295 e. The maximum atomic E-state index is 13.2. The summed E-state index contributed by atoms with van der Waals surface area (Å²) in [7, 11) is 0. The van der Waals surface area contributed by atoms with Crippen LogP contribution >= 0.6 is 11.6 Å². The van der Waals surface area contributed by atoms with Gasteiger partial charge in [0.05, 0.1) is 0 Å². The standard InChI is InChI=1S/C9H12ClFN2O2/c1-4(2)5(3)13-8(14)6(11)7(10)12-9(13)15/h4-5H,1-3H3,(H,12,15). The van der Waals surface area contributed by atoms with Crippen LogP contribution in [0.2, 0.25) is 5.15 Å². The molecule has 1 rings (SSSR count). The van der Waals surface area contributed by atoms with Gasteiger partial charge in [-0.15, -0.1) is 0 Å². The van der Waals surface area contributed by atoms with Crippen molar-refractivity contribution in [2.75, 3.05) is 0 Å². The van der Waals surface area contributed by atoms with E-state index < -0.39 is 22.2 Å². The maximum absolute atomic E-state index is 13.2. The van der Waals surface area contributed by atoms with E-state index in [0.29, 0.717) is 0 Å². The molecule has 1 atom stereocenters. The molecule has 15 heavy (non-hydrogen) atoms. The summed E-state index contributed by atoms with van der Waals surface area (Å²) in [6.45, 7) is 5.35. The van der Waals surface area contributed by atoms with Crippen LogP contribution in [0.5, 0.6) is 0 Å². The van der Waals surface area contributed by atoms with Gasteiger partial charge in [-0.1, -0.05) is 25.4 Å². The van der Waals surface area contributed by atoms with E-state index in [1.165, 1.54) is 0 Å². The van der Waals surface area contributed by atoms with E-state index in [-0.39, 0.29) is 12.0 Å². The minimum atomic E-state index is -1.12. The van der Waals surface area contributed by atoms with Crippen molar-refractivity contribution in [3.63, 3.8) is 0 Å². The normalized spacial score (nSPS) is 13.2. The van der Waals surface area contributed by atoms with Gasteiger partial charge in [0.1, 0.15) is 0 Å². The van der Waals surface area contributed by atoms with Crippen molar-refractivity contribution in [3.8, 4) is 0 Å². The lowest BCUT2D eigenvalue weighted by atomic mass is 10.1. The fourth-order valence-electron chi connectivity index (χ4n) is 1.17. The summed E-state index contributed by atoms with van der Waals surface area (Å²) in [4.78, 5) is 24.9. The predicted octanol–water partition coefficient (Wildman–Crippen LogP) is 1.55. The van der Waals surface area contributed by atoms with Crippen molar-refractivity contribution in [2.24, 2.45) is 5.92 Å². The van der Waals surface area contributed by atoms with Crippen molar-refractivity contribution in [3.05, 3.63) is 31.8 Å². The van der Waals surface area contributed by atoms with Gasteiger partial charge in [-0.3, -0.25) is 14.3 Å². The van der Waals surface area contributed by atoms with Crippen LogP contribution in [0.3, 0.4) is 0 Å². The molecule has 1 N–H and O–H groups in total. The van der Waals surface area contributed by atoms with Crippen LogP contribution in [0, 0.1) is 11.7 Å². The second-order valence-corrected chi connectivity index (χ2v) is 4.10. The van der Waals surface area contributed by atoms with E-state index in [1.807, 2.05) is 13.8 Å². The van der Waals surface area contributed by atoms with E-state index in [1.54, 1.807) is 6.92 Å². The number of rotatable bonds is 2. The average Bonchev–Trinajstić information content (AvgIpc) is 2.14. The molecular weight excluding hydrogens is 223 g/mol. The molecule has 0 amide bonds. The predicted molar refractivity (Wildman–Crippen MR) is 55.8 cm³/mol. The number of hydrogen-bond acceptors (Lipinski definition) is 2. The van der Waals surface area contributed by atoms with Crippen LogP contribution in [-0.2, 0) is 0 Å². The van der Waals surface area contributed by atoms with Gasteiger partial charge < -0.3 is 0 Å². The van der Waals surface area contributed by atoms with Crippen molar-refractivity contribution < 1.29 is 4.39 Å². The third kappa shape index (κ3) is 2.12. The number of aromatic nitrogens is 2. The molecule has 0 fully saturated rings. The highest BCUT2D eigenvalue weighted by atomic mass is 35.5. The highest BCUT2D eigenvalue weighted by Gasteiger charge is 2.18. The van der Waals surface area contributed by atoms with Crippen LogP contribution in [-0.4, -0.2) is 9.55 Å². The average molecular weight is 235 g/mol. The molecule has 0 aliphatic carbocycles. The first kappa shape index (κ1) is 12.0. The Morgan fingerprint density at radius 2 is 1.87 bits per heavy atom. The summed E-state index contributed by atoms with van der Waals surface area (Å²) in [6.07, 6.45) is 0. The smallest absolute Gasteiger partial charge is 0.295 e. The summed E-state index contributed by atoms with van der Waals surface area (Å²) in [5.41, 5.74) is -1.67. The number of hydrogen-bond donors (Lipinski definition) is 1. The highest BCUT2D eigenvalue weighted by Crippen LogP contribution is 2.13. The Kier molecular flexibility index (Phi) is 3.34. The molecule has 84 valence electrons. The fraction of sp³-hybridized carbons (Fsp3) is 0.556. The molecule has 0 radical (unpaired) electrons. The number of nitrogens with zero attached hydrogens (tertiary/aromatic N) is 1. The Bertz CT molecular complexity index is 478. The number of halogens is 2. The Balaban J connectivity index is 3.50. The molecule has 1 heterocycles. The Labute approximate surface area is 90.7 Å². The second-order valence-electron chi connectivity index (χ2n) is 3.72. The topological polar surface area (TPSA) is 54.9 Å². The van der Waals surface area contributed by atoms with Crippen LogP contribution in [0.15, 0.2) is 9.59 Å². The van der Waals surface area contributed by atoms with Gasteiger partial charge in [0, 0.05) is 6.04 Å². The minimum absolute atomic E-state index is 0.0457. The second kappa shape index (κ2) is 4.18. The summed E-state index contributed by atoms with van der Waals surface area (Å²) in [6, 6.07) is -0.381. The summed E-state index contributed by atoms with van der Waals surface area (Å²) < 4.78 is 14.0. The molecule has 0 bridgehead atoms. The molecule has 0 aliphatic rings. The SMILES string of the molecule is CC(C)C(C)n1c(=O)[nH]c(Cl)c(F)c1=O. The van der Waals surface area contributed by atoms with Gasteiger partial charge in [-0.25, -0.2) is 4.79 Å². The molecule has 1 aromatic rings. The molecule has 4 nitrogen and oxygen atoms in total. The lowest BCUT2D eigenvalue weighted by Crippen LogP contribution is -2.40. The fourth-order valence-corrected chi connectivity index (χ4v) is 1.33. The first-order valence-corrected chi connectivity index (χ1v) is 4.93. The maximum Gasteiger partial charge on any atom is 0.329 e. The Morgan fingerprint density at radius 3 is 2.33 bits per heavy atom. The summed E-state index contributed by atoms with van der Waals surface area (Å²) in [5.74, 6) is -1.08. The molecule has 0 saturated carbocycles. The van der Waals surface area contributed by atoms with Crippen LogP contribution < -0.4 is 11.2 Å². The van der Waals surface area contributed by atoms with Crippen molar-refractivity contribution >= 4 is 11.6 Å². The number of H-pyrrole nitrogens is 1. The van der Waals surface area contributed by atoms with Crippen LogP contribution in [0.25, 0.3) is 0 Å². The zero-order chi connectivity index (χ0) is 11.7. The van der Waals surface area contributed by atoms with Crippen molar-refractivity contribution in [1.29, 1.82) is 0 Å². The number of aromatic amines is 1. The first-order valence-electron chi connectivity index (χ1n) is 4.56. The van der Waals surface area contributed by atoms with E-state index in [2.05, 4.69) is 4.98 Å². The van der Waals surface area contributed by atoms with Crippen LogP contribution in [0.1, 0.15) is 26.8 Å². The molecule has 0 aliphatic heterocycles. The first-order chi connectivity index (χ1) is 6.86. The third-order valence-electron chi connectivity index (χ3n) is 2.41. The summed E-state index contributed by atoms with van der Waals surface area (Å²) >= 11 is 5.33. The molecular formula is C9H12ClFN2O2. The molecule has 1 unspecified atom stereocenters. The quantitative estimate of drug-likeness (QED) is 0.790. The highest BCUT2D eigenvalue weighted by molar-refractivity contribution is 6.29. The van der Waals surface area contributed by atoms with Gasteiger partial charge >= 0.3 is 5.69 Å². The van der Waals surface area contributed by atoms with Gasteiger partial charge in [0.25, 0.3) is 5.56 Å². The Hall–Kier alpha value is -1.10. The zero-order valence-corrected chi connectivity index (χ0v) is 9.43. The van der Waals surface area contributed by atoms with Gasteiger partial charge in [-0.05, 0) is 12.8 Å². The lowest BCUT2D eigenvalue weighted by molar-refractivity contribution is 0.373. The van der Waals surface area contributed by atoms with Crippen molar-refractivity contribution in [1.82, 2.24) is 9.55 Å². The van der Waals surface area contributed by atoms with E-state index in [0.717, 1.165) is 4.57 Å². The van der Waals surface area contributed by atoms with E-state index in [4.69, 9.17) is 11.6 Å². The summed E-state index contributed by atoms with van der Waals surface area (Å²) in [5, 5.41) is -0.544. The van der Waals surface area contributed by atoms with E-state index in [9.17, 15) is 14.0 Å². The molecule has 6 heteroatoms. The third-order valence-corrected chi connectivity index (χ3v) is 2.67. The zero-order valence-electron chi connectivity index (χ0n) is 8.67. The number of nitrogens with one attached hydrogen (secondary N) is 1. The molecule has 1 aromatic heterocycles. The Morgan fingerprint density at radius 1 is 1.33 bits per heavy atom. The molecule has 0 aromatic carbocycles. The van der Waals surface area contributed by atoms with Crippen molar-refractivity contribution in [2.45, 2.75) is 26.8 Å². The monoisotopic (exact) mass is 234 g/mol. The van der Waals surface area contributed by atoms with E-state index >= 15 is 0 Å². The van der Waals surface area contributed by atoms with Gasteiger partial charge in [-0.2, -0.15) is 4.39 Å². The van der Waals surface area contributed by atoms with Gasteiger partial charge in [0.2, 0.25) is 5.82 Å². The van der Waals surface area contributed by atoms with Crippen LogP contribution in [0.4, 0.5) is 4.39 Å². The molecule has 0 spiro atoms. The lowest BCUT2D eigenvalue weighted by Gasteiger charge is -2.17. The van der Waals surface area contributed by atoms with Gasteiger partial charge in [0.15, 0.2) is 5.15 Å².